The Morgan fingerprint density at radius 1 is 1.31 bits per heavy atom. The van der Waals surface area contributed by atoms with Crippen molar-refractivity contribution in [1.82, 2.24) is 4.90 Å². The number of carboxylic acid groups (broad SMARTS) is 1. The van der Waals surface area contributed by atoms with Crippen LogP contribution in [-0.4, -0.2) is 28.7 Å². The molecule has 2 unspecified atom stereocenters. The summed E-state index contributed by atoms with van der Waals surface area (Å²) in [4.78, 5) is 12.6. The van der Waals surface area contributed by atoms with Crippen LogP contribution in [0.4, 0.5) is 4.79 Å². The first kappa shape index (κ1) is 11.0. The lowest BCUT2D eigenvalue weighted by atomic mass is 9.88. The molecule has 1 heterocycles. The summed E-state index contributed by atoms with van der Waals surface area (Å²) in [6, 6.07) is 10.3. The molecule has 1 aromatic rings. The van der Waals surface area contributed by atoms with Crippen LogP contribution in [-0.2, 0) is 0 Å². The quantitative estimate of drug-likeness (QED) is 0.789. The monoisotopic (exact) mass is 219 g/mol. The topological polar surface area (TPSA) is 40.5 Å². The van der Waals surface area contributed by atoms with Gasteiger partial charge in [-0.2, -0.15) is 0 Å². The average Bonchev–Trinajstić information content (AvgIpc) is 2.30. The van der Waals surface area contributed by atoms with Gasteiger partial charge in [0.05, 0.1) is 0 Å². The number of nitrogens with zero attached hydrogens (tertiary/aromatic N) is 1. The number of hydrogen-bond donors (Lipinski definition) is 1. The number of amides is 1. The lowest BCUT2D eigenvalue weighted by Crippen LogP contribution is -2.44. The van der Waals surface area contributed by atoms with Crippen molar-refractivity contribution in [2.75, 3.05) is 6.54 Å². The largest absolute Gasteiger partial charge is 0.465 e. The molecule has 3 nitrogen and oxygen atoms in total. The van der Waals surface area contributed by atoms with Crippen LogP contribution >= 0.6 is 0 Å². The van der Waals surface area contributed by atoms with E-state index in [4.69, 9.17) is 5.11 Å². The van der Waals surface area contributed by atoms with E-state index in [2.05, 4.69) is 12.1 Å². The minimum Gasteiger partial charge on any atom is -0.465 e. The average molecular weight is 219 g/mol. The van der Waals surface area contributed by atoms with Gasteiger partial charge < -0.3 is 10.0 Å². The van der Waals surface area contributed by atoms with Crippen molar-refractivity contribution < 1.29 is 9.90 Å². The van der Waals surface area contributed by atoms with Crippen LogP contribution in [0.5, 0.6) is 0 Å². The molecule has 1 aromatic carbocycles. The van der Waals surface area contributed by atoms with E-state index in [0.29, 0.717) is 12.5 Å². The highest BCUT2D eigenvalue weighted by molar-refractivity contribution is 5.65. The molecule has 2 atom stereocenters. The molecule has 1 saturated heterocycles. The molecule has 0 spiro atoms. The van der Waals surface area contributed by atoms with Gasteiger partial charge in [0.25, 0.3) is 0 Å². The van der Waals surface area contributed by atoms with Crippen molar-refractivity contribution in [2.45, 2.75) is 31.7 Å². The van der Waals surface area contributed by atoms with E-state index in [1.807, 2.05) is 25.1 Å². The van der Waals surface area contributed by atoms with Gasteiger partial charge in [-0.05, 0) is 25.3 Å². The molecule has 1 N–H and O–H groups in total. The van der Waals surface area contributed by atoms with Gasteiger partial charge in [0, 0.05) is 18.5 Å². The first-order chi connectivity index (χ1) is 7.68. The molecule has 0 radical (unpaired) electrons. The van der Waals surface area contributed by atoms with Gasteiger partial charge >= 0.3 is 6.09 Å². The first-order valence-corrected chi connectivity index (χ1v) is 5.73. The molecule has 0 bridgehead atoms. The van der Waals surface area contributed by atoms with Crippen molar-refractivity contribution in [1.29, 1.82) is 0 Å². The second kappa shape index (κ2) is 4.56. The molecule has 1 amide bonds. The number of piperidine rings is 1. The van der Waals surface area contributed by atoms with Crippen LogP contribution in [0.15, 0.2) is 30.3 Å². The standard InChI is InChI=1S/C13H17NO2/c1-10-7-8-12(9-14(10)13(15)16)11-5-3-2-4-6-11/h2-6,10,12H,7-9H2,1H3,(H,15,16). The van der Waals surface area contributed by atoms with E-state index in [-0.39, 0.29) is 6.04 Å². The van der Waals surface area contributed by atoms with E-state index in [1.54, 1.807) is 4.90 Å². The minimum atomic E-state index is -0.798. The molecule has 0 aromatic heterocycles. The maximum atomic E-state index is 11.1. The van der Waals surface area contributed by atoms with E-state index < -0.39 is 6.09 Å². The third-order valence-corrected chi connectivity index (χ3v) is 3.40. The Bertz CT molecular complexity index is 363. The third-order valence-electron chi connectivity index (χ3n) is 3.40. The minimum absolute atomic E-state index is 0.150. The summed E-state index contributed by atoms with van der Waals surface area (Å²) >= 11 is 0. The molecule has 1 aliphatic heterocycles. The van der Waals surface area contributed by atoms with Crippen molar-refractivity contribution >= 4 is 6.09 Å². The van der Waals surface area contributed by atoms with Gasteiger partial charge in [-0.3, -0.25) is 0 Å². The number of benzene rings is 1. The zero-order valence-electron chi connectivity index (χ0n) is 9.47. The SMILES string of the molecule is CC1CCC(c2ccccc2)CN1C(=O)O. The van der Waals surface area contributed by atoms with Crippen LogP contribution in [0, 0.1) is 0 Å². The molecular formula is C13H17NO2. The Labute approximate surface area is 95.7 Å². The summed E-state index contributed by atoms with van der Waals surface area (Å²) < 4.78 is 0. The van der Waals surface area contributed by atoms with Crippen molar-refractivity contribution in [3.63, 3.8) is 0 Å². The molecule has 0 saturated carbocycles. The van der Waals surface area contributed by atoms with Gasteiger partial charge in [-0.25, -0.2) is 4.79 Å². The molecule has 0 aliphatic carbocycles. The maximum Gasteiger partial charge on any atom is 0.407 e. The fourth-order valence-corrected chi connectivity index (χ4v) is 2.37. The molecule has 1 fully saturated rings. The summed E-state index contributed by atoms with van der Waals surface area (Å²) in [5.41, 5.74) is 1.25. The Morgan fingerprint density at radius 3 is 2.62 bits per heavy atom. The van der Waals surface area contributed by atoms with Crippen molar-refractivity contribution in [2.24, 2.45) is 0 Å². The fraction of sp³-hybridized carbons (Fsp3) is 0.462. The first-order valence-electron chi connectivity index (χ1n) is 5.73. The predicted molar refractivity (Wildman–Crippen MR) is 62.6 cm³/mol. The van der Waals surface area contributed by atoms with Gasteiger partial charge in [-0.1, -0.05) is 30.3 Å². The van der Waals surface area contributed by atoms with Crippen molar-refractivity contribution in [3.8, 4) is 0 Å². The van der Waals surface area contributed by atoms with E-state index in [9.17, 15) is 4.79 Å². The number of rotatable bonds is 1. The van der Waals surface area contributed by atoms with Gasteiger partial charge in [0.1, 0.15) is 0 Å². The highest BCUT2D eigenvalue weighted by Crippen LogP contribution is 2.29. The summed E-state index contributed by atoms with van der Waals surface area (Å²) in [6.45, 7) is 2.61. The van der Waals surface area contributed by atoms with Gasteiger partial charge in [-0.15, -0.1) is 0 Å². The highest BCUT2D eigenvalue weighted by Gasteiger charge is 2.29. The van der Waals surface area contributed by atoms with Crippen molar-refractivity contribution in [3.05, 3.63) is 35.9 Å². The van der Waals surface area contributed by atoms with Gasteiger partial charge in [0.2, 0.25) is 0 Å². The summed E-state index contributed by atoms with van der Waals surface area (Å²) in [5, 5.41) is 9.10. The Morgan fingerprint density at radius 2 is 2.00 bits per heavy atom. The predicted octanol–water partition coefficient (Wildman–Crippen LogP) is 2.93. The Hall–Kier alpha value is -1.51. The van der Waals surface area contributed by atoms with Crippen LogP contribution < -0.4 is 0 Å². The van der Waals surface area contributed by atoms with E-state index >= 15 is 0 Å². The summed E-state index contributed by atoms with van der Waals surface area (Å²) in [6.07, 6.45) is 1.23. The third kappa shape index (κ3) is 2.18. The summed E-state index contributed by atoms with van der Waals surface area (Å²) in [7, 11) is 0. The number of hydrogen-bond acceptors (Lipinski definition) is 1. The van der Waals surface area contributed by atoms with Crippen LogP contribution in [0.1, 0.15) is 31.2 Å². The number of likely N-dealkylation sites (tertiary alicyclic amines) is 1. The molecule has 16 heavy (non-hydrogen) atoms. The molecular weight excluding hydrogens is 202 g/mol. The van der Waals surface area contributed by atoms with Crippen LogP contribution in [0.2, 0.25) is 0 Å². The van der Waals surface area contributed by atoms with Crippen LogP contribution in [0.25, 0.3) is 0 Å². The zero-order valence-corrected chi connectivity index (χ0v) is 9.47. The second-order valence-corrected chi connectivity index (χ2v) is 4.47. The second-order valence-electron chi connectivity index (χ2n) is 4.47. The maximum absolute atomic E-state index is 11.1. The molecule has 3 heteroatoms. The highest BCUT2D eigenvalue weighted by atomic mass is 16.4. The van der Waals surface area contributed by atoms with Gasteiger partial charge in [0.15, 0.2) is 0 Å². The zero-order chi connectivity index (χ0) is 11.5. The number of carbonyl (C=O) groups is 1. The lowest BCUT2D eigenvalue weighted by Gasteiger charge is -2.36. The van der Waals surface area contributed by atoms with E-state index in [1.165, 1.54) is 5.56 Å². The van der Waals surface area contributed by atoms with E-state index in [0.717, 1.165) is 12.8 Å². The Kier molecular flexibility index (Phi) is 3.13. The fourth-order valence-electron chi connectivity index (χ4n) is 2.37. The smallest absolute Gasteiger partial charge is 0.407 e. The normalized spacial score (nSPS) is 25.4. The summed E-state index contributed by atoms with van der Waals surface area (Å²) in [5.74, 6) is 0.355. The molecule has 1 aliphatic rings. The lowest BCUT2D eigenvalue weighted by molar-refractivity contribution is 0.105. The molecule has 2 rings (SSSR count). The molecule has 86 valence electrons. The Balaban J connectivity index is 2.12. The van der Waals surface area contributed by atoms with Crippen LogP contribution in [0.3, 0.4) is 0 Å².